The van der Waals surface area contributed by atoms with Gasteiger partial charge in [-0.3, -0.25) is 4.79 Å². The Kier molecular flexibility index (Phi) is 6.98. The Morgan fingerprint density at radius 2 is 1.62 bits per heavy atom. The molecule has 0 aliphatic carbocycles. The van der Waals surface area contributed by atoms with Crippen LogP contribution < -0.4 is 0 Å². The van der Waals surface area contributed by atoms with Gasteiger partial charge in [-0.25, -0.2) is 0 Å². The summed E-state index contributed by atoms with van der Waals surface area (Å²) in [7, 11) is 0. The van der Waals surface area contributed by atoms with Gasteiger partial charge < -0.3 is 10.0 Å². The average molecular weight is 326 g/mol. The molecule has 0 aliphatic rings. The number of hydrogen-bond donors (Lipinski definition) is 1. The van der Waals surface area contributed by atoms with E-state index in [0.29, 0.717) is 10.0 Å². The molecule has 1 aromatic carbocycles. The minimum atomic E-state index is -1.43. The van der Waals surface area contributed by atoms with Crippen molar-refractivity contribution < 1.29 is 9.90 Å². The van der Waals surface area contributed by atoms with Crippen LogP contribution in [0, 0.1) is 22.7 Å². The van der Waals surface area contributed by atoms with Crippen LogP contribution in [0.15, 0.2) is 18.2 Å². The Labute approximate surface area is 132 Å². The second-order valence-electron chi connectivity index (χ2n) is 4.25. The first-order valence-electron chi connectivity index (χ1n) is 6.16. The standard InChI is InChI=1S/C14H13Cl2N3O2/c15-11-7-10(8-12(16)9-11)13(20)14(21)19(5-1-3-17)6-2-4-18/h7-9,13,20H,1-2,5-6H2. The van der Waals surface area contributed by atoms with Crippen molar-refractivity contribution in [2.24, 2.45) is 0 Å². The molecule has 110 valence electrons. The van der Waals surface area contributed by atoms with Crippen molar-refractivity contribution in [3.8, 4) is 12.1 Å². The van der Waals surface area contributed by atoms with Crippen LogP contribution in [-0.4, -0.2) is 29.0 Å². The fourth-order valence-electron chi connectivity index (χ4n) is 1.75. The molecule has 1 aromatic rings. The molecule has 21 heavy (non-hydrogen) atoms. The molecular weight excluding hydrogens is 313 g/mol. The highest BCUT2D eigenvalue weighted by molar-refractivity contribution is 6.34. The van der Waals surface area contributed by atoms with Gasteiger partial charge in [-0.1, -0.05) is 23.2 Å². The smallest absolute Gasteiger partial charge is 0.256 e. The van der Waals surface area contributed by atoms with Crippen LogP contribution in [0.25, 0.3) is 0 Å². The first-order valence-corrected chi connectivity index (χ1v) is 6.92. The molecule has 0 heterocycles. The molecule has 1 rings (SSSR count). The van der Waals surface area contributed by atoms with Gasteiger partial charge in [-0.05, 0) is 23.8 Å². The van der Waals surface area contributed by atoms with E-state index in [1.165, 1.54) is 23.1 Å². The molecule has 0 fully saturated rings. The van der Waals surface area contributed by atoms with Gasteiger partial charge >= 0.3 is 0 Å². The SMILES string of the molecule is N#CCCN(CCC#N)C(=O)C(O)c1cc(Cl)cc(Cl)c1. The summed E-state index contributed by atoms with van der Waals surface area (Å²) in [6, 6.07) is 8.24. The minimum Gasteiger partial charge on any atom is -0.378 e. The molecule has 0 aliphatic heterocycles. The molecular formula is C14H13Cl2N3O2. The third kappa shape index (κ3) is 5.24. The highest BCUT2D eigenvalue weighted by atomic mass is 35.5. The normalized spacial score (nSPS) is 11.3. The van der Waals surface area contributed by atoms with Gasteiger partial charge in [0.25, 0.3) is 5.91 Å². The summed E-state index contributed by atoms with van der Waals surface area (Å²) in [4.78, 5) is 13.5. The molecule has 0 spiro atoms. The lowest BCUT2D eigenvalue weighted by Gasteiger charge is -2.23. The molecule has 5 nitrogen and oxygen atoms in total. The molecule has 1 atom stereocenters. The van der Waals surface area contributed by atoms with Gasteiger partial charge in [-0.2, -0.15) is 10.5 Å². The summed E-state index contributed by atoms with van der Waals surface area (Å²) in [6.07, 6.45) is -1.18. The van der Waals surface area contributed by atoms with E-state index in [1.807, 2.05) is 12.1 Å². The maximum absolute atomic E-state index is 12.2. The number of aliphatic hydroxyl groups is 1. The quantitative estimate of drug-likeness (QED) is 0.870. The fourth-order valence-corrected chi connectivity index (χ4v) is 2.29. The second kappa shape index (κ2) is 8.49. The third-order valence-electron chi connectivity index (χ3n) is 2.73. The average Bonchev–Trinajstić information content (AvgIpc) is 2.45. The number of benzene rings is 1. The van der Waals surface area contributed by atoms with Crippen LogP contribution in [0.2, 0.25) is 10.0 Å². The van der Waals surface area contributed by atoms with E-state index in [2.05, 4.69) is 0 Å². The van der Waals surface area contributed by atoms with E-state index in [4.69, 9.17) is 33.7 Å². The zero-order valence-corrected chi connectivity index (χ0v) is 12.6. The number of carbonyl (C=O) groups is 1. The summed E-state index contributed by atoms with van der Waals surface area (Å²) >= 11 is 11.7. The van der Waals surface area contributed by atoms with Gasteiger partial charge in [0.05, 0.1) is 25.0 Å². The number of rotatable bonds is 6. The van der Waals surface area contributed by atoms with E-state index in [1.54, 1.807) is 0 Å². The van der Waals surface area contributed by atoms with Crippen LogP contribution in [0.5, 0.6) is 0 Å². The van der Waals surface area contributed by atoms with Crippen molar-refractivity contribution in [1.82, 2.24) is 4.90 Å². The Morgan fingerprint density at radius 3 is 2.05 bits per heavy atom. The third-order valence-corrected chi connectivity index (χ3v) is 3.17. The summed E-state index contributed by atoms with van der Waals surface area (Å²) in [5.41, 5.74) is 0.274. The summed E-state index contributed by atoms with van der Waals surface area (Å²) in [5.74, 6) is -0.584. The number of nitrogens with zero attached hydrogens (tertiary/aromatic N) is 3. The van der Waals surface area contributed by atoms with Gasteiger partial charge in [0, 0.05) is 23.1 Å². The van der Waals surface area contributed by atoms with Crippen LogP contribution in [0.1, 0.15) is 24.5 Å². The van der Waals surface area contributed by atoms with Crippen molar-refractivity contribution in [2.45, 2.75) is 18.9 Å². The number of carbonyl (C=O) groups excluding carboxylic acids is 1. The van der Waals surface area contributed by atoms with Gasteiger partial charge in [-0.15, -0.1) is 0 Å². The Hall–Kier alpha value is -1.79. The Balaban J connectivity index is 2.90. The molecule has 7 heteroatoms. The summed E-state index contributed by atoms with van der Waals surface area (Å²) < 4.78 is 0. The fraction of sp³-hybridized carbons (Fsp3) is 0.357. The van der Waals surface area contributed by atoms with E-state index in [-0.39, 0.29) is 31.5 Å². The van der Waals surface area contributed by atoms with Gasteiger partial charge in [0.15, 0.2) is 6.10 Å². The molecule has 1 N–H and O–H groups in total. The van der Waals surface area contributed by atoms with Crippen molar-refractivity contribution >= 4 is 29.1 Å². The van der Waals surface area contributed by atoms with E-state index >= 15 is 0 Å². The zero-order chi connectivity index (χ0) is 15.8. The van der Waals surface area contributed by atoms with Gasteiger partial charge in [0.1, 0.15) is 0 Å². The molecule has 0 bridgehead atoms. The zero-order valence-electron chi connectivity index (χ0n) is 11.1. The number of halogens is 2. The number of hydrogen-bond acceptors (Lipinski definition) is 4. The van der Waals surface area contributed by atoms with Crippen molar-refractivity contribution in [3.63, 3.8) is 0 Å². The topological polar surface area (TPSA) is 88.1 Å². The van der Waals surface area contributed by atoms with E-state index < -0.39 is 12.0 Å². The predicted octanol–water partition coefficient (Wildman–Crippen LogP) is 2.68. The maximum atomic E-state index is 12.2. The lowest BCUT2D eigenvalue weighted by atomic mass is 10.1. The van der Waals surface area contributed by atoms with Crippen molar-refractivity contribution in [3.05, 3.63) is 33.8 Å². The largest absolute Gasteiger partial charge is 0.378 e. The molecule has 0 saturated heterocycles. The highest BCUT2D eigenvalue weighted by Crippen LogP contribution is 2.24. The molecule has 1 amide bonds. The lowest BCUT2D eigenvalue weighted by molar-refractivity contribution is -0.140. The molecule has 0 saturated carbocycles. The molecule has 0 radical (unpaired) electrons. The first kappa shape index (κ1) is 17.3. The predicted molar refractivity (Wildman–Crippen MR) is 78.5 cm³/mol. The lowest BCUT2D eigenvalue weighted by Crippen LogP contribution is -2.36. The van der Waals surface area contributed by atoms with E-state index in [9.17, 15) is 9.90 Å². The van der Waals surface area contributed by atoms with E-state index in [0.717, 1.165) is 0 Å². The summed E-state index contributed by atoms with van der Waals surface area (Å²) in [6.45, 7) is 0.310. The summed E-state index contributed by atoms with van der Waals surface area (Å²) in [5, 5.41) is 28.0. The van der Waals surface area contributed by atoms with Crippen LogP contribution in [0.3, 0.4) is 0 Å². The molecule has 1 unspecified atom stereocenters. The van der Waals surface area contributed by atoms with Crippen molar-refractivity contribution in [2.75, 3.05) is 13.1 Å². The maximum Gasteiger partial charge on any atom is 0.256 e. The monoisotopic (exact) mass is 325 g/mol. The highest BCUT2D eigenvalue weighted by Gasteiger charge is 2.24. The van der Waals surface area contributed by atoms with Crippen LogP contribution in [0.4, 0.5) is 0 Å². The minimum absolute atomic E-state index is 0.125. The van der Waals surface area contributed by atoms with Gasteiger partial charge in [0.2, 0.25) is 0 Å². The number of amides is 1. The molecule has 0 aromatic heterocycles. The van der Waals surface area contributed by atoms with Crippen LogP contribution in [-0.2, 0) is 4.79 Å². The first-order chi connectivity index (χ1) is 9.99. The second-order valence-corrected chi connectivity index (χ2v) is 5.12. The number of nitriles is 2. The van der Waals surface area contributed by atoms with Crippen molar-refractivity contribution in [1.29, 1.82) is 10.5 Å². The Bertz CT molecular complexity index is 555. The Morgan fingerprint density at radius 1 is 1.14 bits per heavy atom. The number of aliphatic hydroxyl groups excluding tert-OH is 1. The van der Waals surface area contributed by atoms with Crippen LogP contribution >= 0.6 is 23.2 Å².